The number of ether oxygens (including phenoxy) is 3. The summed E-state index contributed by atoms with van der Waals surface area (Å²) in [4.78, 5) is 11.5. The molecule has 16 heavy (non-hydrogen) atoms. The molecule has 0 amide bonds. The first-order valence-electron chi connectivity index (χ1n) is 5.32. The quantitative estimate of drug-likeness (QED) is 0.577. The Balaban J connectivity index is 2.09. The number of ketones is 1. The van der Waals surface area contributed by atoms with Crippen molar-refractivity contribution in [3.63, 3.8) is 0 Å². The Labute approximate surface area is 94.1 Å². The van der Waals surface area contributed by atoms with E-state index in [1.807, 2.05) is 6.92 Å². The smallest absolute Gasteiger partial charge is 0.189 e. The van der Waals surface area contributed by atoms with Crippen molar-refractivity contribution in [3.8, 4) is 11.5 Å². The fraction of sp³-hybridized carbons (Fsp3) is 0.417. The maximum Gasteiger partial charge on any atom is 0.189 e. The molecular weight excluding hydrogens is 208 g/mol. The second kappa shape index (κ2) is 4.99. The zero-order valence-electron chi connectivity index (χ0n) is 9.19. The van der Waals surface area contributed by atoms with Crippen molar-refractivity contribution in [1.29, 1.82) is 0 Å². The highest BCUT2D eigenvalue weighted by Gasteiger charge is 2.18. The molecule has 0 aliphatic carbocycles. The molecule has 0 saturated heterocycles. The molecule has 1 aromatic carbocycles. The molecule has 1 aliphatic heterocycles. The number of fused-ring (bicyclic) bond motifs is 1. The highest BCUT2D eigenvalue weighted by molar-refractivity contribution is 5.99. The highest BCUT2D eigenvalue weighted by atomic mass is 16.7. The molecule has 0 radical (unpaired) electrons. The molecule has 0 atom stereocenters. The summed E-state index contributed by atoms with van der Waals surface area (Å²) in [6.45, 7) is 3.17. The van der Waals surface area contributed by atoms with Crippen molar-refractivity contribution in [2.45, 2.75) is 13.3 Å². The molecule has 0 N–H and O–H groups in total. The molecule has 1 aromatic rings. The fourth-order valence-electron chi connectivity index (χ4n) is 1.52. The van der Waals surface area contributed by atoms with Crippen LogP contribution in [0.2, 0.25) is 0 Å². The van der Waals surface area contributed by atoms with Crippen LogP contribution in [0, 0.1) is 0 Å². The summed E-state index contributed by atoms with van der Waals surface area (Å²) < 4.78 is 15.8. The average Bonchev–Trinajstić information content (AvgIpc) is 2.30. The Morgan fingerprint density at radius 2 is 2.31 bits per heavy atom. The van der Waals surface area contributed by atoms with E-state index in [0.717, 1.165) is 0 Å². The van der Waals surface area contributed by atoms with Crippen LogP contribution in [0.5, 0.6) is 11.5 Å². The van der Waals surface area contributed by atoms with Crippen molar-refractivity contribution in [2.75, 3.05) is 20.0 Å². The number of benzene rings is 1. The third-order valence-corrected chi connectivity index (χ3v) is 2.35. The maximum absolute atomic E-state index is 11.5. The van der Waals surface area contributed by atoms with Crippen molar-refractivity contribution in [1.82, 2.24) is 0 Å². The summed E-state index contributed by atoms with van der Waals surface area (Å²) in [7, 11) is 0. The van der Waals surface area contributed by atoms with E-state index >= 15 is 0 Å². The van der Waals surface area contributed by atoms with Crippen LogP contribution < -0.4 is 9.47 Å². The van der Waals surface area contributed by atoms with Crippen LogP contribution in [0.15, 0.2) is 18.2 Å². The van der Waals surface area contributed by atoms with E-state index in [-0.39, 0.29) is 12.6 Å². The third kappa shape index (κ3) is 2.33. The standard InChI is InChI=1S/C12H14O4/c1-2-14-8-16-9-3-4-10-11(13)5-6-15-12(10)7-9/h3-4,7H,2,5-6,8H2,1H3. The predicted molar refractivity (Wildman–Crippen MR) is 58.0 cm³/mol. The second-order valence-electron chi connectivity index (χ2n) is 3.43. The molecule has 0 unspecified atom stereocenters. The number of carbonyl (C=O) groups excluding carboxylic acids is 1. The van der Waals surface area contributed by atoms with Gasteiger partial charge in [-0.1, -0.05) is 0 Å². The zero-order chi connectivity index (χ0) is 11.4. The van der Waals surface area contributed by atoms with E-state index < -0.39 is 0 Å². The summed E-state index contributed by atoms with van der Waals surface area (Å²) >= 11 is 0. The van der Waals surface area contributed by atoms with E-state index in [1.54, 1.807) is 18.2 Å². The highest BCUT2D eigenvalue weighted by Crippen LogP contribution is 2.28. The van der Waals surface area contributed by atoms with Gasteiger partial charge in [-0.05, 0) is 19.1 Å². The minimum Gasteiger partial charge on any atom is -0.492 e. The summed E-state index contributed by atoms with van der Waals surface area (Å²) in [6.07, 6.45) is 0.451. The topological polar surface area (TPSA) is 44.8 Å². The van der Waals surface area contributed by atoms with Gasteiger partial charge in [-0.15, -0.1) is 0 Å². The van der Waals surface area contributed by atoms with E-state index in [9.17, 15) is 4.79 Å². The Morgan fingerprint density at radius 3 is 3.12 bits per heavy atom. The Bertz CT molecular complexity index is 387. The van der Waals surface area contributed by atoms with Gasteiger partial charge in [0.25, 0.3) is 0 Å². The SMILES string of the molecule is CCOCOc1ccc2c(c1)OCCC2=O. The van der Waals surface area contributed by atoms with E-state index in [2.05, 4.69) is 0 Å². The molecule has 1 heterocycles. The van der Waals surface area contributed by atoms with Crippen molar-refractivity contribution < 1.29 is 19.0 Å². The fourth-order valence-corrected chi connectivity index (χ4v) is 1.52. The summed E-state index contributed by atoms with van der Waals surface area (Å²) in [5.74, 6) is 1.38. The van der Waals surface area contributed by atoms with Crippen LogP contribution in [-0.4, -0.2) is 25.8 Å². The molecule has 0 spiro atoms. The van der Waals surface area contributed by atoms with Crippen molar-refractivity contribution in [3.05, 3.63) is 23.8 Å². The van der Waals surface area contributed by atoms with Gasteiger partial charge in [0.1, 0.15) is 11.5 Å². The Morgan fingerprint density at radius 1 is 1.44 bits per heavy atom. The lowest BCUT2D eigenvalue weighted by atomic mass is 10.1. The van der Waals surface area contributed by atoms with Crippen LogP contribution in [0.3, 0.4) is 0 Å². The Kier molecular flexibility index (Phi) is 3.41. The molecule has 0 fully saturated rings. The van der Waals surface area contributed by atoms with Crippen LogP contribution in [0.4, 0.5) is 0 Å². The number of rotatable bonds is 4. The number of hydrogen-bond donors (Lipinski definition) is 0. The molecule has 2 rings (SSSR count). The lowest BCUT2D eigenvalue weighted by Gasteiger charge is -2.17. The van der Waals surface area contributed by atoms with Gasteiger partial charge in [-0.2, -0.15) is 0 Å². The molecule has 0 saturated carbocycles. The number of carbonyl (C=O) groups is 1. The van der Waals surface area contributed by atoms with Crippen molar-refractivity contribution in [2.24, 2.45) is 0 Å². The van der Waals surface area contributed by atoms with Gasteiger partial charge < -0.3 is 14.2 Å². The summed E-state index contributed by atoms with van der Waals surface area (Å²) in [5.41, 5.74) is 0.634. The van der Waals surface area contributed by atoms with Gasteiger partial charge in [0.2, 0.25) is 0 Å². The first-order valence-corrected chi connectivity index (χ1v) is 5.32. The summed E-state index contributed by atoms with van der Waals surface area (Å²) in [6, 6.07) is 5.22. The van der Waals surface area contributed by atoms with Crippen LogP contribution in [0.1, 0.15) is 23.7 Å². The van der Waals surface area contributed by atoms with Gasteiger partial charge in [0, 0.05) is 19.1 Å². The third-order valence-electron chi connectivity index (χ3n) is 2.35. The van der Waals surface area contributed by atoms with Gasteiger partial charge >= 0.3 is 0 Å². The molecular formula is C12H14O4. The first-order chi connectivity index (χ1) is 7.81. The van der Waals surface area contributed by atoms with Gasteiger partial charge in [0.15, 0.2) is 12.6 Å². The van der Waals surface area contributed by atoms with Gasteiger partial charge in [-0.3, -0.25) is 4.79 Å². The molecule has 86 valence electrons. The molecule has 1 aliphatic rings. The Hall–Kier alpha value is -1.55. The van der Waals surface area contributed by atoms with Crippen LogP contribution in [-0.2, 0) is 4.74 Å². The molecule has 0 bridgehead atoms. The van der Waals surface area contributed by atoms with Crippen LogP contribution >= 0.6 is 0 Å². The zero-order valence-corrected chi connectivity index (χ0v) is 9.19. The minimum absolute atomic E-state index is 0.123. The largest absolute Gasteiger partial charge is 0.492 e. The van der Waals surface area contributed by atoms with E-state index in [1.165, 1.54) is 0 Å². The van der Waals surface area contributed by atoms with Crippen molar-refractivity contribution >= 4 is 5.78 Å². The van der Waals surface area contributed by atoms with E-state index in [4.69, 9.17) is 14.2 Å². The molecule has 4 heteroatoms. The second-order valence-corrected chi connectivity index (χ2v) is 3.43. The van der Waals surface area contributed by atoms with Gasteiger partial charge in [-0.25, -0.2) is 0 Å². The van der Waals surface area contributed by atoms with Crippen LogP contribution in [0.25, 0.3) is 0 Å². The lowest BCUT2D eigenvalue weighted by Crippen LogP contribution is -2.15. The lowest BCUT2D eigenvalue weighted by molar-refractivity contribution is 0.0222. The molecule has 0 aromatic heterocycles. The summed E-state index contributed by atoms with van der Waals surface area (Å²) in [5, 5.41) is 0. The first kappa shape index (κ1) is 11.0. The van der Waals surface area contributed by atoms with E-state index in [0.29, 0.717) is 36.7 Å². The minimum atomic E-state index is 0.123. The normalized spacial score (nSPS) is 14.2. The monoisotopic (exact) mass is 222 g/mol. The number of Topliss-reactive ketones (excluding diaryl/α,β-unsaturated/α-hetero) is 1. The average molecular weight is 222 g/mol. The number of hydrogen-bond acceptors (Lipinski definition) is 4. The predicted octanol–water partition coefficient (Wildman–Crippen LogP) is 2.02. The van der Waals surface area contributed by atoms with Gasteiger partial charge in [0.05, 0.1) is 12.2 Å². The maximum atomic E-state index is 11.5. The molecule has 4 nitrogen and oxygen atoms in total.